The van der Waals surface area contributed by atoms with Crippen LogP contribution in [0.25, 0.3) is 0 Å². The Bertz CT molecular complexity index is 930. The number of anilines is 1. The van der Waals surface area contributed by atoms with E-state index in [1.54, 1.807) is 12.1 Å². The van der Waals surface area contributed by atoms with Crippen molar-refractivity contribution < 1.29 is 14.3 Å². The van der Waals surface area contributed by atoms with E-state index >= 15 is 0 Å². The molecule has 0 aliphatic rings. The van der Waals surface area contributed by atoms with Crippen molar-refractivity contribution in [1.82, 2.24) is 9.97 Å². The molecule has 0 saturated carbocycles. The highest BCUT2D eigenvalue weighted by Gasteiger charge is 2.15. The first-order valence-electron chi connectivity index (χ1n) is 9.11. The molecule has 1 aromatic heterocycles. The lowest BCUT2D eigenvalue weighted by Crippen LogP contribution is -2.24. The number of aryl methyl sites for hydroxylation is 2. The molecule has 3 rings (SSSR count). The van der Waals surface area contributed by atoms with E-state index in [0.717, 1.165) is 12.0 Å². The maximum absolute atomic E-state index is 13.1. The monoisotopic (exact) mass is 379 g/mol. The van der Waals surface area contributed by atoms with Crippen molar-refractivity contribution in [2.75, 3.05) is 18.5 Å². The van der Waals surface area contributed by atoms with Crippen molar-refractivity contribution >= 4 is 11.9 Å². The molecule has 1 heterocycles. The lowest BCUT2D eigenvalue weighted by Gasteiger charge is -2.18. The minimum absolute atomic E-state index is 0.0994. The number of aromatic nitrogens is 2. The van der Waals surface area contributed by atoms with Gasteiger partial charge in [0.1, 0.15) is 5.82 Å². The van der Waals surface area contributed by atoms with E-state index in [1.807, 2.05) is 30.1 Å². The molecular weight excluding hydrogens is 357 g/mol. The summed E-state index contributed by atoms with van der Waals surface area (Å²) < 4.78 is 13.1. The Morgan fingerprint density at radius 1 is 1.00 bits per heavy atom. The third-order valence-electron chi connectivity index (χ3n) is 4.57. The largest absolute Gasteiger partial charge is 0.478 e. The zero-order valence-electron chi connectivity index (χ0n) is 15.7. The molecule has 2 aromatic carbocycles. The van der Waals surface area contributed by atoms with E-state index in [1.165, 1.54) is 23.9 Å². The van der Waals surface area contributed by atoms with Crippen LogP contribution in [0, 0.1) is 5.82 Å². The number of carboxylic acids is 1. The molecule has 0 aliphatic heterocycles. The zero-order chi connectivity index (χ0) is 19.9. The minimum Gasteiger partial charge on any atom is -0.478 e. The predicted octanol–water partition coefficient (Wildman–Crippen LogP) is 3.78. The Morgan fingerprint density at radius 3 is 2.36 bits per heavy atom. The van der Waals surface area contributed by atoms with Crippen molar-refractivity contribution in [2.24, 2.45) is 0 Å². The van der Waals surface area contributed by atoms with Crippen LogP contribution >= 0.6 is 0 Å². The van der Waals surface area contributed by atoms with E-state index in [0.29, 0.717) is 31.0 Å². The van der Waals surface area contributed by atoms with Gasteiger partial charge in [0.25, 0.3) is 0 Å². The molecule has 0 radical (unpaired) electrons. The Kier molecular flexibility index (Phi) is 6.32. The predicted molar refractivity (Wildman–Crippen MR) is 106 cm³/mol. The van der Waals surface area contributed by atoms with Crippen LogP contribution in [0.2, 0.25) is 0 Å². The van der Waals surface area contributed by atoms with Crippen molar-refractivity contribution in [3.05, 3.63) is 89.0 Å². The van der Waals surface area contributed by atoms with Gasteiger partial charge in [-0.3, -0.25) is 0 Å². The molecule has 28 heavy (non-hydrogen) atoms. The summed E-state index contributed by atoms with van der Waals surface area (Å²) in [6, 6.07) is 16.3. The molecule has 0 fully saturated rings. The van der Waals surface area contributed by atoms with Crippen LogP contribution < -0.4 is 4.90 Å². The summed E-state index contributed by atoms with van der Waals surface area (Å²) in [5, 5.41) is 9.44. The number of nitrogens with zero attached hydrogens (tertiary/aromatic N) is 3. The molecule has 144 valence electrons. The summed E-state index contributed by atoms with van der Waals surface area (Å²) in [5.74, 6) is -0.845. The van der Waals surface area contributed by atoms with Crippen molar-refractivity contribution in [1.29, 1.82) is 0 Å². The molecule has 0 spiro atoms. The lowest BCUT2D eigenvalue weighted by molar-refractivity contribution is 0.0694. The summed E-state index contributed by atoms with van der Waals surface area (Å²) in [5.41, 5.74) is 2.72. The maximum Gasteiger partial charge on any atom is 0.339 e. The minimum atomic E-state index is -1.05. The number of hydrogen-bond donors (Lipinski definition) is 1. The summed E-state index contributed by atoms with van der Waals surface area (Å²) in [7, 11) is 1.89. The van der Waals surface area contributed by atoms with Crippen LogP contribution in [0.5, 0.6) is 0 Å². The highest BCUT2D eigenvalue weighted by molar-refractivity contribution is 5.88. The van der Waals surface area contributed by atoms with Gasteiger partial charge in [0, 0.05) is 19.8 Å². The molecule has 0 atom stereocenters. The second-order valence-electron chi connectivity index (χ2n) is 6.62. The quantitative estimate of drug-likeness (QED) is 0.645. The van der Waals surface area contributed by atoms with Crippen molar-refractivity contribution in [2.45, 2.75) is 19.3 Å². The number of carbonyl (C=O) groups is 1. The molecule has 0 bridgehead atoms. The smallest absolute Gasteiger partial charge is 0.339 e. The first kappa shape index (κ1) is 19.5. The van der Waals surface area contributed by atoms with Crippen LogP contribution in [-0.4, -0.2) is 34.6 Å². The Morgan fingerprint density at radius 2 is 1.68 bits per heavy atom. The fourth-order valence-electron chi connectivity index (χ4n) is 2.92. The molecule has 3 aromatic rings. The van der Waals surface area contributed by atoms with Gasteiger partial charge in [-0.05, 0) is 42.5 Å². The third-order valence-corrected chi connectivity index (χ3v) is 4.57. The average molecular weight is 379 g/mol. The van der Waals surface area contributed by atoms with Crippen LogP contribution in [-0.2, 0) is 19.3 Å². The summed E-state index contributed by atoms with van der Waals surface area (Å²) >= 11 is 0. The Hall–Kier alpha value is -3.28. The molecule has 0 amide bonds. The van der Waals surface area contributed by atoms with Gasteiger partial charge < -0.3 is 10.0 Å². The summed E-state index contributed by atoms with van der Waals surface area (Å²) in [4.78, 5) is 22.2. The topological polar surface area (TPSA) is 66.3 Å². The second kappa shape index (κ2) is 9.08. The second-order valence-corrected chi connectivity index (χ2v) is 6.62. The Labute approximate surface area is 163 Å². The number of carboxylic acid groups (broad SMARTS) is 1. The average Bonchev–Trinajstić information content (AvgIpc) is 2.72. The normalized spacial score (nSPS) is 10.6. The Balaban J connectivity index is 1.72. The van der Waals surface area contributed by atoms with Gasteiger partial charge in [-0.25, -0.2) is 19.2 Å². The molecule has 6 heteroatoms. The number of aromatic carboxylic acids is 1. The van der Waals surface area contributed by atoms with Crippen molar-refractivity contribution in [3.8, 4) is 0 Å². The first-order chi connectivity index (χ1) is 13.5. The van der Waals surface area contributed by atoms with Crippen LogP contribution in [0.3, 0.4) is 0 Å². The molecule has 5 nitrogen and oxygen atoms in total. The fraction of sp³-hybridized carbons (Fsp3) is 0.227. The van der Waals surface area contributed by atoms with Gasteiger partial charge in [-0.15, -0.1) is 0 Å². The molecule has 0 unspecified atom stereocenters. The van der Waals surface area contributed by atoms with Gasteiger partial charge in [-0.1, -0.05) is 42.5 Å². The van der Waals surface area contributed by atoms with Crippen LogP contribution in [0.15, 0.2) is 60.8 Å². The van der Waals surface area contributed by atoms with Gasteiger partial charge in [0.2, 0.25) is 5.95 Å². The third kappa shape index (κ3) is 5.13. The van der Waals surface area contributed by atoms with Gasteiger partial charge in [0.05, 0.1) is 11.3 Å². The molecule has 0 aliphatic carbocycles. The van der Waals surface area contributed by atoms with E-state index in [2.05, 4.69) is 22.1 Å². The number of hydrogen-bond acceptors (Lipinski definition) is 4. The maximum atomic E-state index is 13.1. The van der Waals surface area contributed by atoms with Crippen molar-refractivity contribution in [3.63, 3.8) is 0 Å². The van der Waals surface area contributed by atoms with Gasteiger partial charge in [-0.2, -0.15) is 0 Å². The summed E-state index contributed by atoms with van der Waals surface area (Å²) in [6.45, 7) is 0.716. The van der Waals surface area contributed by atoms with Crippen LogP contribution in [0.1, 0.15) is 27.2 Å². The van der Waals surface area contributed by atoms with Gasteiger partial charge >= 0.3 is 5.97 Å². The highest BCUT2D eigenvalue weighted by atomic mass is 19.1. The number of rotatable bonds is 8. The lowest BCUT2D eigenvalue weighted by atomic mass is 10.1. The number of likely N-dealkylation sites (N-methyl/N-ethyl adjacent to an activating group) is 1. The van der Waals surface area contributed by atoms with E-state index in [-0.39, 0.29) is 11.4 Å². The number of benzene rings is 2. The van der Waals surface area contributed by atoms with Crippen LogP contribution in [0.4, 0.5) is 10.3 Å². The van der Waals surface area contributed by atoms with E-state index in [9.17, 15) is 14.3 Å². The molecule has 1 N–H and O–H groups in total. The van der Waals surface area contributed by atoms with Gasteiger partial charge in [0.15, 0.2) is 0 Å². The summed E-state index contributed by atoms with van der Waals surface area (Å²) in [6.07, 6.45) is 3.22. The highest BCUT2D eigenvalue weighted by Crippen LogP contribution is 2.15. The number of halogens is 1. The zero-order valence-corrected chi connectivity index (χ0v) is 15.7. The first-order valence-corrected chi connectivity index (χ1v) is 9.11. The fourth-order valence-corrected chi connectivity index (χ4v) is 2.92. The SMILES string of the molecule is CN(CCc1ccccc1)c1ncc(C(=O)O)c(CCc2ccc(F)cc2)n1. The van der Waals surface area contributed by atoms with E-state index < -0.39 is 5.97 Å². The van der Waals surface area contributed by atoms with E-state index in [4.69, 9.17) is 0 Å². The molecular formula is C22H22FN3O2. The standard InChI is InChI=1S/C22H22FN3O2/c1-26(14-13-16-5-3-2-4-6-16)22-24-15-19(21(27)28)20(25-22)12-9-17-7-10-18(23)11-8-17/h2-8,10-11,15H,9,12-14H2,1H3,(H,27,28). The molecule has 0 saturated heterocycles.